The molecule has 6 nitrogen and oxygen atoms in total. The molecular weight excluding hydrogens is 318 g/mol. The summed E-state index contributed by atoms with van der Waals surface area (Å²) in [6, 6.07) is 9.25. The molecule has 1 aromatic carbocycles. The molecular formula is C19H29N3O3. The molecule has 1 unspecified atom stereocenters. The molecule has 3 N–H and O–H groups in total. The van der Waals surface area contributed by atoms with Crippen molar-refractivity contribution in [1.82, 2.24) is 10.2 Å². The summed E-state index contributed by atoms with van der Waals surface area (Å²) in [6.07, 6.45) is 1.44. The number of nitrogens with one attached hydrogen (secondary N) is 1. The average molecular weight is 347 g/mol. The standard InChI is InChI=1S/C19H29N3O3/c1-19(2,3)25-18(24)21-13-14-9-11-22(12-10-14)16(17(20)23)15-7-5-4-6-8-15/h4-8,14,16H,9-13H2,1-3H3,(H2,20,23)(H,21,24). The maximum Gasteiger partial charge on any atom is 0.407 e. The van der Waals surface area contributed by atoms with Crippen molar-refractivity contribution in [3.8, 4) is 0 Å². The molecule has 1 fully saturated rings. The molecule has 1 atom stereocenters. The van der Waals surface area contributed by atoms with Gasteiger partial charge in [-0.05, 0) is 58.2 Å². The number of nitrogens with two attached hydrogens (primary N) is 1. The smallest absolute Gasteiger partial charge is 0.407 e. The van der Waals surface area contributed by atoms with Crippen LogP contribution in [0.4, 0.5) is 4.79 Å². The quantitative estimate of drug-likeness (QED) is 0.857. The van der Waals surface area contributed by atoms with Crippen LogP contribution in [0.25, 0.3) is 0 Å². The lowest BCUT2D eigenvalue weighted by atomic mass is 9.94. The summed E-state index contributed by atoms with van der Waals surface area (Å²) in [7, 11) is 0. The van der Waals surface area contributed by atoms with E-state index in [0.717, 1.165) is 31.5 Å². The average Bonchev–Trinajstić information content (AvgIpc) is 2.53. The fourth-order valence-corrected chi connectivity index (χ4v) is 3.15. The second-order valence-electron chi connectivity index (χ2n) is 7.58. The number of rotatable bonds is 5. The van der Waals surface area contributed by atoms with E-state index in [-0.39, 0.29) is 18.0 Å². The van der Waals surface area contributed by atoms with Gasteiger partial charge in [0, 0.05) is 6.54 Å². The first-order chi connectivity index (χ1) is 11.8. The Balaban J connectivity index is 1.84. The normalized spacial score (nSPS) is 17.7. The second kappa shape index (κ2) is 8.34. The van der Waals surface area contributed by atoms with Gasteiger partial charge in [0.25, 0.3) is 0 Å². The van der Waals surface area contributed by atoms with E-state index in [1.54, 1.807) is 0 Å². The van der Waals surface area contributed by atoms with Crippen LogP contribution in [0.3, 0.4) is 0 Å². The minimum absolute atomic E-state index is 0.323. The van der Waals surface area contributed by atoms with Crippen LogP contribution in [0.2, 0.25) is 0 Å². The van der Waals surface area contributed by atoms with Crippen LogP contribution in [-0.4, -0.2) is 42.1 Å². The SMILES string of the molecule is CC(C)(C)OC(=O)NCC1CCN(C(C(N)=O)c2ccccc2)CC1. The number of ether oxygens (including phenoxy) is 1. The van der Waals surface area contributed by atoms with E-state index < -0.39 is 5.60 Å². The lowest BCUT2D eigenvalue weighted by Gasteiger charge is -2.36. The predicted octanol–water partition coefficient (Wildman–Crippen LogP) is 2.45. The largest absolute Gasteiger partial charge is 0.444 e. The Bertz CT molecular complexity index is 575. The Morgan fingerprint density at radius 3 is 2.36 bits per heavy atom. The molecule has 0 radical (unpaired) electrons. The predicted molar refractivity (Wildman–Crippen MR) is 96.9 cm³/mol. The number of carbonyl (C=O) groups is 2. The van der Waals surface area contributed by atoms with Gasteiger partial charge in [-0.2, -0.15) is 0 Å². The highest BCUT2D eigenvalue weighted by atomic mass is 16.6. The number of hydrogen-bond donors (Lipinski definition) is 2. The van der Waals surface area contributed by atoms with Crippen molar-refractivity contribution in [2.75, 3.05) is 19.6 Å². The second-order valence-corrected chi connectivity index (χ2v) is 7.58. The number of hydrogen-bond acceptors (Lipinski definition) is 4. The molecule has 1 saturated heterocycles. The topological polar surface area (TPSA) is 84.7 Å². The van der Waals surface area contributed by atoms with Crippen LogP contribution in [0.5, 0.6) is 0 Å². The zero-order chi connectivity index (χ0) is 18.4. The summed E-state index contributed by atoms with van der Waals surface area (Å²) in [5, 5.41) is 2.84. The molecule has 1 heterocycles. The number of benzene rings is 1. The summed E-state index contributed by atoms with van der Waals surface area (Å²) in [6.45, 7) is 7.69. The third-order valence-electron chi connectivity index (χ3n) is 4.33. The number of likely N-dealkylation sites (tertiary alicyclic amines) is 1. The summed E-state index contributed by atoms with van der Waals surface area (Å²) in [5.41, 5.74) is 6.08. The number of carbonyl (C=O) groups excluding carboxylic acids is 2. The molecule has 6 heteroatoms. The summed E-state index contributed by atoms with van der Waals surface area (Å²) >= 11 is 0. The summed E-state index contributed by atoms with van der Waals surface area (Å²) in [4.78, 5) is 25.8. The zero-order valence-corrected chi connectivity index (χ0v) is 15.3. The minimum atomic E-state index is -0.488. The van der Waals surface area contributed by atoms with Crippen LogP contribution >= 0.6 is 0 Å². The van der Waals surface area contributed by atoms with Crippen molar-refractivity contribution in [1.29, 1.82) is 0 Å². The Morgan fingerprint density at radius 1 is 1.24 bits per heavy atom. The highest BCUT2D eigenvalue weighted by Crippen LogP contribution is 2.26. The van der Waals surface area contributed by atoms with E-state index in [4.69, 9.17) is 10.5 Å². The highest BCUT2D eigenvalue weighted by molar-refractivity contribution is 5.81. The maximum atomic E-state index is 11.9. The van der Waals surface area contributed by atoms with Crippen LogP contribution in [0.1, 0.15) is 45.2 Å². The van der Waals surface area contributed by atoms with E-state index >= 15 is 0 Å². The molecule has 0 aliphatic carbocycles. The van der Waals surface area contributed by atoms with Crippen molar-refractivity contribution in [2.45, 2.75) is 45.3 Å². The van der Waals surface area contributed by atoms with Crippen molar-refractivity contribution < 1.29 is 14.3 Å². The third-order valence-corrected chi connectivity index (χ3v) is 4.33. The number of amides is 2. The number of nitrogens with zero attached hydrogens (tertiary/aromatic N) is 1. The molecule has 2 rings (SSSR count). The lowest BCUT2D eigenvalue weighted by molar-refractivity contribution is -0.124. The van der Waals surface area contributed by atoms with Gasteiger partial charge in [-0.25, -0.2) is 4.79 Å². The van der Waals surface area contributed by atoms with Crippen LogP contribution in [0, 0.1) is 5.92 Å². The van der Waals surface area contributed by atoms with Gasteiger partial charge in [-0.3, -0.25) is 9.69 Å². The van der Waals surface area contributed by atoms with Crippen molar-refractivity contribution >= 4 is 12.0 Å². The molecule has 0 saturated carbocycles. The van der Waals surface area contributed by atoms with Crippen molar-refractivity contribution in [3.63, 3.8) is 0 Å². The van der Waals surface area contributed by atoms with Gasteiger partial charge in [0.15, 0.2) is 0 Å². The maximum absolute atomic E-state index is 11.9. The van der Waals surface area contributed by atoms with Crippen molar-refractivity contribution in [2.24, 2.45) is 11.7 Å². The Labute approximate surface area is 149 Å². The van der Waals surface area contributed by atoms with Gasteiger partial charge in [0.05, 0.1) is 0 Å². The molecule has 1 aliphatic heterocycles. The van der Waals surface area contributed by atoms with Gasteiger partial charge in [-0.1, -0.05) is 30.3 Å². The zero-order valence-electron chi connectivity index (χ0n) is 15.3. The van der Waals surface area contributed by atoms with Crippen molar-refractivity contribution in [3.05, 3.63) is 35.9 Å². The molecule has 0 bridgehead atoms. The first-order valence-corrected chi connectivity index (χ1v) is 8.81. The van der Waals surface area contributed by atoms with E-state index in [1.807, 2.05) is 51.1 Å². The minimum Gasteiger partial charge on any atom is -0.444 e. The van der Waals surface area contributed by atoms with Crippen LogP contribution in [-0.2, 0) is 9.53 Å². The fraction of sp³-hybridized carbons (Fsp3) is 0.579. The third kappa shape index (κ3) is 6.05. The molecule has 0 aromatic heterocycles. The summed E-state index contributed by atoms with van der Waals surface area (Å²) < 4.78 is 5.26. The van der Waals surface area contributed by atoms with Gasteiger partial charge in [0.1, 0.15) is 11.6 Å². The first-order valence-electron chi connectivity index (χ1n) is 8.81. The fourth-order valence-electron chi connectivity index (χ4n) is 3.15. The molecule has 2 amide bonds. The van der Waals surface area contributed by atoms with E-state index in [1.165, 1.54) is 0 Å². The van der Waals surface area contributed by atoms with Gasteiger partial charge >= 0.3 is 6.09 Å². The molecule has 138 valence electrons. The number of primary amides is 1. The van der Waals surface area contributed by atoms with Crippen LogP contribution < -0.4 is 11.1 Å². The van der Waals surface area contributed by atoms with E-state index in [2.05, 4.69) is 10.2 Å². The summed E-state index contributed by atoms with van der Waals surface area (Å²) in [5.74, 6) is 0.0598. The molecule has 1 aromatic rings. The van der Waals surface area contributed by atoms with E-state index in [0.29, 0.717) is 12.5 Å². The Hall–Kier alpha value is -2.08. The van der Waals surface area contributed by atoms with Gasteiger partial charge in [0.2, 0.25) is 5.91 Å². The lowest BCUT2D eigenvalue weighted by Crippen LogP contribution is -2.44. The van der Waals surface area contributed by atoms with Gasteiger partial charge < -0.3 is 15.8 Å². The number of alkyl carbamates (subject to hydrolysis) is 1. The monoisotopic (exact) mass is 347 g/mol. The molecule has 1 aliphatic rings. The number of piperidine rings is 1. The first kappa shape index (κ1) is 19.2. The van der Waals surface area contributed by atoms with E-state index in [9.17, 15) is 9.59 Å². The Kier molecular flexibility index (Phi) is 6.42. The molecule has 25 heavy (non-hydrogen) atoms. The Morgan fingerprint density at radius 2 is 1.84 bits per heavy atom. The van der Waals surface area contributed by atoms with Gasteiger partial charge in [-0.15, -0.1) is 0 Å². The molecule has 0 spiro atoms. The highest BCUT2D eigenvalue weighted by Gasteiger charge is 2.29. The van der Waals surface area contributed by atoms with Crippen LogP contribution in [0.15, 0.2) is 30.3 Å².